The third-order valence-electron chi connectivity index (χ3n) is 2.33. The first-order valence-corrected chi connectivity index (χ1v) is 5.32. The van der Waals surface area contributed by atoms with Crippen LogP contribution in [0, 0.1) is 17.1 Å². The molecule has 0 aliphatic rings. The highest BCUT2D eigenvalue weighted by Gasteiger charge is 2.18. The van der Waals surface area contributed by atoms with E-state index in [1.807, 2.05) is 6.92 Å². The Morgan fingerprint density at radius 2 is 2.35 bits per heavy atom. The molecule has 1 aromatic rings. The summed E-state index contributed by atoms with van der Waals surface area (Å²) in [6.07, 6.45) is 0.843. The second kappa shape index (κ2) is 5.97. The van der Waals surface area contributed by atoms with Gasteiger partial charge in [-0.05, 0) is 30.7 Å². The molecule has 0 saturated heterocycles. The van der Waals surface area contributed by atoms with Crippen molar-refractivity contribution in [2.24, 2.45) is 5.73 Å². The Labute approximate surface area is 99.2 Å². The number of carbonyl (C=O) groups excluding carboxylic acids is 1. The summed E-state index contributed by atoms with van der Waals surface area (Å²) >= 11 is 0. The van der Waals surface area contributed by atoms with Gasteiger partial charge in [0.2, 0.25) is 5.91 Å². The van der Waals surface area contributed by atoms with Gasteiger partial charge in [0.1, 0.15) is 17.9 Å². The van der Waals surface area contributed by atoms with Gasteiger partial charge >= 0.3 is 0 Å². The summed E-state index contributed by atoms with van der Waals surface area (Å²) in [6, 6.07) is 5.00. The summed E-state index contributed by atoms with van der Waals surface area (Å²) in [5.41, 5.74) is 5.67. The molecule has 0 aromatic heterocycles. The van der Waals surface area contributed by atoms with E-state index in [1.54, 1.807) is 6.07 Å². The lowest BCUT2D eigenvalue weighted by atomic mass is 10.0. The van der Waals surface area contributed by atoms with Gasteiger partial charge in [-0.2, -0.15) is 5.26 Å². The molecule has 0 spiro atoms. The number of carbonyl (C=O) groups is 1. The summed E-state index contributed by atoms with van der Waals surface area (Å²) in [7, 11) is 0. The lowest BCUT2D eigenvalue weighted by molar-refractivity contribution is -0.120. The number of nitrogens with zero attached hydrogens (tertiary/aromatic N) is 1. The van der Waals surface area contributed by atoms with Crippen molar-refractivity contribution in [2.75, 3.05) is 6.54 Å². The molecule has 1 aromatic carbocycles. The van der Waals surface area contributed by atoms with Gasteiger partial charge in [-0.15, -0.1) is 0 Å². The van der Waals surface area contributed by atoms with Gasteiger partial charge in [-0.3, -0.25) is 4.79 Å². The van der Waals surface area contributed by atoms with Crippen LogP contribution in [0.1, 0.15) is 30.5 Å². The van der Waals surface area contributed by atoms with Gasteiger partial charge in [0.25, 0.3) is 0 Å². The number of nitrogens with one attached hydrogen (secondary N) is 1. The zero-order chi connectivity index (χ0) is 12.8. The van der Waals surface area contributed by atoms with Crippen LogP contribution in [0.3, 0.4) is 0 Å². The van der Waals surface area contributed by atoms with Crippen LogP contribution in [0.4, 0.5) is 4.39 Å². The minimum atomic E-state index is -0.692. The Hall–Kier alpha value is -1.93. The average Bonchev–Trinajstić information content (AvgIpc) is 2.31. The second-order valence-corrected chi connectivity index (χ2v) is 3.64. The molecular formula is C12H14FN3O. The fourth-order valence-corrected chi connectivity index (χ4v) is 1.48. The Morgan fingerprint density at radius 3 is 2.88 bits per heavy atom. The van der Waals surface area contributed by atoms with Crippen molar-refractivity contribution in [2.45, 2.75) is 19.4 Å². The van der Waals surface area contributed by atoms with Crippen molar-refractivity contribution < 1.29 is 9.18 Å². The SMILES string of the molecule is CCCNC(C(N)=O)c1ccc(F)c(C#N)c1. The van der Waals surface area contributed by atoms with E-state index in [9.17, 15) is 9.18 Å². The van der Waals surface area contributed by atoms with E-state index in [2.05, 4.69) is 5.32 Å². The maximum Gasteiger partial charge on any atom is 0.239 e. The van der Waals surface area contributed by atoms with Crippen LogP contribution in [-0.2, 0) is 4.79 Å². The molecule has 4 nitrogen and oxygen atoms in total. The van der Waals surface area contributed by atoms with Gasteiger partial charge in [-0.25, -0.2) is 4.39 Å². The van der Waals surface area contributed by atoms with Crippen molar-refractivity contribution >= 4 is 5.91 Å². The highest BCUT2D eigenvalue weighted by atomic mass is 19.1. The van der Waals surface area contributed by atoms with Gasteiger partial charge < -0.3 is 11.1 Å². The third kappa shape index (κ3) is 3.26. The highest BCUT2D eigenvalue weighted by molar-refractivity contribution is 5.81. The molecule has 0 aliphatic carbocycles. The van der Waals surface area contributed by atoms with Crippen LogP contribution in [0.15, 0.2) is 18.2 Å². The normalized spacial score (nSPS) is 11.8. The third-order valence-corrected chi connectivity index (χ3v) is 2.33. The van der Waals surface area contributed by atoms with E-state index in [1.165, 1.54) is 12.1 Å². The van der Waals surface area contributed by atoms with Crippen LogP contribution >= 0.6 is 0 Å². The molecule has 0 saturated carbocycles. The number of rotatable bonds is 5. The standard InChI is InChI=1S/C12H14FN3O/c1-2-5-16-11(12(15)17)8-3-4-10(13)9(6-8)7-14/h3-4,6,11,16H,2,5H2,1H3,(H2,15,17). The van der Waals surface area contributed by atoms with Crippen LogP contribution in [-0.4, -0.2) is 12.5 Å². The Balaban J connectivity index is 3.03. The first-order valence-electron chi connectivity index (χ1n) is 5.32. The van der Waals surface area contributed by atoms with Gasteiger partial charge in [0.05, 0.1) is 5.56 Å². The van der Waals surface area contributed by atoms with E-state index < -0.39 is 17.8 Å². The number of amides is 1. The van der Waals surface area contributed by atoms with Crippen molar-refractivity contribution in [1.82, 2.24) is 5.32 Å². The zero-order valence-corrected chi connectivity index (χ0v) is 9.53. The van der Waals surface area contributed by atoms with Crippen LogP contribution in [0.25, 0.3) is 0 Å². The van der Waals surface area contributed by atoms with Crippen molar-refractivity contribution in [3.63, 3.8) is 0 Å². The number of hydrogen-bond donors (Lipinski definition) is 2. The van der Waals surface area contributed by atoms with Crippen LogP contribution < -0.4 is 11.1 Å². The predicted octanol–water partition coefficient (Wildman–Crippen LogP) is 1.22. The summed E-state index contributed by atoms with van der Waals surface area (Å²) in [4.78, 5) is 11.3. The molecule has 1 amide bonds. The molecule has 0 heterocycles. The Morgan fingerprint density at radius 1 is 1.65 bits per heavy atom. The van der Waals surface area contributed by atoms with E-state index in [4.69, 9.17) is 11.0 Å². The number of nitriles is 1. The molecule has 17 heavy (non-hydrogen) atoms. The van der Waals surface area contributed by atoms with E-state index in [-0.39, 0.29) is 5.56 Å². The first kappa shape index (κ1) is 13.1. The highest BCUT2D eigenvalue weighted by Crippen LogP contribution is 2.16. The number of primary amides is 1. The minimum Gasteiger partial charge on any atom is -0.368 e. The lowest BCUT2D eigenvalue weighted by Crippen LogP contribution is -2.34. The van der Waals surface area contributed by atoms with Crippen molar-refractivity contribution in [3.05, 3.63) is 35.1 Å². The number of benzene rings is 1. The molecular weight excluding hydrogens is 221 g/mol. The molecule has 3 N–H and O–H groups in total. The topological polar surface area (TPSA) is 78.9 Å². The molecule has 1 unspecified atom stereocenters. The smallest absolute Gasteiger partial charge is 0.239 e. The van der Waals surface area contributed by atoms with Crippen molar-refractivity contribution in [1.29, 1.82) is 5.26 Å². The monoisotopic (exact) mass is 235 g/mol. The average molecular weight is 235 g/mol. The van der Waals surface area contributed by atoms with Gasteiger partial charge in [-0.1, -0.05) is 13.0 Å². The molecule has 90 valence electrons. The minimum absolute atomic E-state index is 0.0907. The second-order valence-electron chi connectivity index (χ2n) is 3.64. The maximum absolute atomic E-state index is 13.1. The molecule has 1 rings (SSSR count). The van der Waals surface area contributed by atoms with E-state index in [0.717, 1.165) is 12.5 Å². The Kier molecular flexibility index (Phi) is 4.61. The molecule has 1 atom stereocenters. The maximum atomic E-state index is 13.1. The van der Waals surface area contributed by atoms with Crippen molar-refractivity contribution in [3.8, 4) is 6.07 Å². The fraction of sp³-hybridized carbons (Fsp3) is 0.333. The lowest BCUT2D eigenvalue weighted by Gasteiger charge is -2.15. The predicted molar refractivity (Wildman–Crippen MR) is 61.3 cm³/mol. The molecule has 0 radical (unpaired) electrons. The zero-order valence-electron chi connectivity index (χ0n) is 9.53. The van der Waals surface area contributed by atoms with Crippen LogP contribution in [0.5, 0.6) is 0 Å². The Bertz CT molecular complexity index is 454. The number of halogens is 1. The molecule has 5 heteroatoms. The summed E-state index contributed by atoms with van der Waals surface area (Å²) in [6.45, 7) is 2.57. The summed E-state index contributed by atoms with van der Waals surface area (Å²) in [5, 5.41) is 11.7. The summed E-state index contributed by atoms with van der Waals surface area (Å²) < 4.78 is 13.1. The number of hydrogen-bond acceptors (Lipinski definition) is 3. The van der Waals surface area contributed by atoms with E-state index in [0.29, 0.717) is 12.1 Å². The fourth-order valence-electron chi connectivity index (χ4n) is 1.48. The summed E-state index contributed by atoms with van der Waals surface area (Å²) in [5.74, 6) is -1.15. The quantitative estimate of drug-likeness (QED) is 0.805. The molecule has 0 bridgehead atoms. The number of nitrogens with two attached hydrogens (primary N) is 1. The van der Waals surface area contributed by atoms with Gasteiger partial charge in [0, 0.05) is 0 Å². The first-order chi connectivity index (χ1) is 8.10. The van der Waals surface area contributed by atoms with E-state index >= 15 is 0 Å². The molecule has 0 fully saturated rings. The van der Waals surface area contributed by atoms with Gasteiger partial charge in [0.15, 0.2) is 0 Å². The largest absolute Gasteiger partial charge is 0.368 e. The van der Waals surface area contributed by atoms with Crippen LogP contribution in [0.2, 0.25) is 0 Å². The molecule has 0 aliphatic heterocycles.